The smallest absolute Gasteiger partial charge is 0.101 e. The fraction of sp³-hybridized carbons (Fsp3) is 0.778. The van der Waals surface area contributed by atoms with Crippen LogP contribution in [0.25, 0.3) is 0 Å². The third kappa shape index (κ3) is 2.73. The van der Waals surface area contributed by atoms with Crippen molar-refractivity contribution in [1.82, 2.24) is 0 Å². The van der Waals surface area contributed by atoms with Crippen molar-refractivity contribution >= 4 is 14.8 Å². The summed E-state index contributed by atoms with van der Waals surface area (Å²) in [5, 5.41) is 1.92. The van der Waals surface area contributed by atoms with Crippen molar-refractivity contribution in [3.8, 4) is 0 Å². The van der Waals surface area contributed by atoms with Crippen LogP contribution >= 0.6 is 0 Å². The van der Waals surface area contributed by atoms with Crippen LogP contribution in [0.5, 0.6) is 0 Å². The Labute approximate surface area is 127 Å². The molecule has 2 bridgehead atoms. The molecule has 0 saturated carbocycles. The Hall–Kier alpha value is -0.238. The summed E-state index contributed by atoms with van der Waals surface area (Å²) in [6.45, 7) is 11.0. The third-order valence-corrected chi connectivity index (χ3v) is 8.47. The quantitative estimate of drug-likeness (QED) is 0.428. The minimum Gasteiger partial charge on any atom is -0.101 e. The number of allylic oxidation sites excluding steroid dienone is 4. The zero-order chi connectivity index (χ0) is 14.3. The van der Waals surface area contributed by atoms with Gasteiger partial charge in [-0.25, -0.2) is 0 Å². The lowest BCUT2D eigenvalue weighted by Gasteiger charge is -2.44. The van der Waals surface area contributed by atoms with Crippen molar-refractivity contribution in [2.45, 2.75) is 89.6 Å². The second kappa shape index (κ2) is 5.51. The Bertz CT molecular complexity index is 419. The van der Waals surface area contributed by atoms with Crippen LogP contribution in [0.1, 0.15) is 58.3 Å². The van der Waals surface area contributed by atoms with Crippen molar-refractivity contribution in [2.75, 3.05) is 0 Å². The Morgan fingerprint density at radius 2 is 1.55 bits per heavy atom. The van der Waals surface area contributed by atoms with E-state index in [9.17, 15) is 0 Å². The van der Waals surface area contributed by atoms with E-state index >= 15 is 0 Å². The SMILES string of the molecule is CC1=CCC([Si](C)(C)C)=C(B2C3CCCC2CCC3)C1. The fourth-order valence-electron chi connectivity index (χ4n) is 5.24. The number of fused-ring (bicyclic) bond motifs is 2. The summed E-state index contributed by atoms with van der Waals surface area (Å²) in [4.78, 5) is 0. The van der Waals surface area contributed by atoms with E-state index in [1.54, 1.807) is 5.57 Å². The van der Waals surface area contributed by atoms with Crippen molar-refractivity contribution in [2.24, 2.45) is 0 Å². The molecule has 0 aromatic heterocycles. The fourth-order valence-corrected chi connectivity index (χ4v) is 7.17. The molecular weight excluding hydrogens is 255 g/mol. The Kier molecular flexibility index (Phi) is 4.05. The Morgan fingerprint density at radius 3 is 2.05 bits per heavy atom. The van der Waals surface area contributed by atoms with E-state index in [2.05, 4.69) is 32.6 Å². The van der Waals surface area contributed by atoms with Crippen LogP contribution in [-0.4, -0.2) is 14.8 Å². The molecule has 2 aliphatic heterocycles. The maximum atomic E-state index is 2.56. The highest BCUT2D eigenvalue weighted by Crippen LogP contribution is 2.51. The molecule has 0 N–H and O–H groups in total. The molecule has 0 unspecified atom stereocenters. The summed E-state index contributed by atoms with van der Waals surface area (Å²) in [6.07, 6.45) is 14.2. The number of rotatable bonds is 2. The molecule has 3 aliphatic rings. The zero-order valence-corrected chi connectivity index (χ0v) is 15.0. The van der Waals surface area contributed by atoms with Gasteiger partial charge >= 0.3 is 0 Å². The van der Waals surface area contributed by atoms with Crippen LogP contribution in [0.2, 0.25) is 31.3 Å². The van der Waals surface area contributed by atoms with Gasteiger partial charge in [-0.15, -0.1) is 5.47 Å². The molecule has 2 heteroatoms. The van der Waals surface area contributed by atoms with Crippen LogP contribution in [0, 0.1) is 0 Å². The number of hydrogen-bond donors (Lipinski definition) is 0. The molecule has 2 fully saturated rings. The topological polar surface area (TPSA) is 0 Å². The van der Waals surface area contributed by atoms with E-state index in [1.807, 2.05) is 10.7 Å². The van der Waals surface area contributed by atoms with E-state index in [-0.39, 0.29) is 0 Å². The van der Waals surface area contributed by atoms with Gasteiger partial charge in [0.05, 0.1) is 8.07 Å². The molecular formula is C18H31BSi. The largest absolute Gasteiger partial charge is 0.176 e. The third-order valence-electron chi connectivity index (χ3n) is 6.13. The van der Waals surface area contributed by atoms with Crippen LogP contribution in [0.15, 0.2) is 22.3 Å². The van der Waals surface area contributed by atoms with Crippen molar-refractivity contribution in [3.05, 3.63) is 22.3 Å². The monoisotopic (exact) mass is 286 g/mol. The number of hydrogen-bond acceptors (Lipinski definition) is 0. The molecule has 0 atom stereocenters. The van der Waals surface area contributed by atoms with E-state index in [4.69, 9.17) is 0 Å². The first-order chi connectivity index (χ1) is 9.47. The molecule has 0 nitrogen and oxygen atoms in total. The highest BCUT2D eigenvalue weighted by atomic mass is 28.3. The molecule has 0 amide bonds. The molecule has 0 radical (unpaired) electrons. The lowest BCUT2D eigenvalue weighted by molar-refractivity contribution is 0.445. The minimum atomic E-state index is -1.15. The average molecular weight is 286 g/mol. The van der Waals surface area contributed by atoms with E-state index in [0.29, 0.717) is 0 Å². The maximum Gasteiger partial charge on any atom is 0.176 e. The molecule has 20 heavy (non-hydrogen) atoms. The van der Waals surface area contributed by atoms with Gasteiger partial charge in [-0.3, -0.25) is 0 Å². The van der Waals surface area contributed by atoms with Crippen LogP contribution in [-0.2, 0) is 0 Å². The maximum absolute atomic E-state index is 2.56. The summed E-state index contributed by atoms with van der Waals surface area (Å²) in [6, 6.07) is 0. The van der Waals surface area contributed by atoms with E-state index in [0.717, 1.165) is 18.3 Å². The van der Waals surface area contributed by atoms with Gasteiger partial charge < -0.3 is 0 Å². The standard InChI is InChI=1S/C18H31BSi/c1-14-11-12-18(20(2,3)4)17(13-14)19-15-7-5-8-16(19)10-6-9-15/h11,15-16H,5-10,12-13H2,1-4H3. The van der Waals surface area contributed by atoms with E-state index in [1.165, 1.54) is 51.4 Å². The summed E-state index contributed by atoms with van der Waals surface area (Å²) in [7, 11) is -1.15. The van der Waals surface area contributed by atoms with Crippen LogP contribution < -0.4 is 0 Å². The van der Waals surface area contributed by atoms with Crippen LogP contribution in [0.4, 0.5) is 0 Å². The lowest BCUT2D eigenvalue weighted by Crippen LogP contribution is -2.40. The summed E-state index contributed by atoms with van der Waals surface area (Å²) < 4.78 is 0. The first-order valence-electron chi connectivity index (χ1n) is 8.85. The van der Waals surface area contributed by atoms with Gasteiger partial charge in [0.15, 0.2) is 6.71 Å². The highest BCUT2D eigenvalue weighted by Gasteiger charge is 2.43. The first kappa shape index (κ1) is 14.7. The summed E-state index contributed by atoms with van der Waals surface area (Å²) in [5.41, 5.74) is 3.59. The van der Waals surface area contributed by atoms with Gasteiger partial charge in [-0.1, -0.05) is 86.6 Å². The van der Waals surface area contributed by atoms with Crippen molar-refractivity contribution in [3.63, 3.8) is 0 Å². The molecule has 1 aliphatic carbocycles. The van der Waals surface area contributed by atoms with E-state index < -0.39 is 8.07 Å². The Morgan fingerprint density at radius 1 is 1.00 bits per heavy atom. The van der Waals surface area contributed by atoms with Gasteiger partial charge in [-0.05, 0) is 19.8 Å². The van der Waals surface area contributed by atoms with Crippen LogP contribution in [0.3, 0.4) is 0 Å². The minimum absolute atomic E-state index is 0.975. The molecule has 0 aromatic carbocycles. The van der Waals surface area contributed by atoms with Crippen molar-refractivity contribution in [1.29, 1.82) is 0 Å². The lowest BCUT2D eigenvalue weighted by atomic mass is 9.23. The van der Waals surface area contributed by atoms with Gasteiger partial charge in [0.2, 0.25) is 0 Å². The van der Waals surface area contributed by atoms with Gasteiger partial charge in [-0.2, -0.15) is 0 Å². The van der Waals surface area contributed by atoms with Gasteiger partial charge in [0.1, 0.15) is 0 Å². The predicted molar refractivity (Wildman–Crippen MR) is 94.3 cm³/mol. The second-order valence-electron chi connectivity index (χ2n) is 8.59. The van der Waals surface area contributed by atoms with Gasteiger partial charge in [0, 0.05) is 0 Å². The average Bonchev–Trinajstić information content (AvgIpc) is 2.36. The molecule has 2 heterocycles. The Balaban J connectivity index is 1.97. The molecule has 0 spiro atoms. The summed E-state index contributed by atoms with van der Waals surface area (Å²) >= 11 is 0. The predicted octanol–water partition coefficient (Wildman–Crippen LogP) is 6.04. The molecule has 2 saturated heterocycles. The molecule has 3 rings (SSSR count). The second-order valence-corrected chi connectivity index (χ2v) is 13.7. The first-order valence-corrected chi connectivity index (χ1v) is 12.3. The van der Waals surface area contributed by atoms with Crippen molar-refractivity contribution < 1.29 is 0 Å². The molecule has 0 aromatic rings. The zero-order valence-electron chi connectivity index (χ0n) is 14.0. The van der Waals surface area contributed by atoms with Gasteiger partial charge in [0.25, 0.3) is 0 Å². The normalized spacial score (nSPS) is 31.4. The molecule has 110 valence electrons. The highest BCUT2D eigenvalue weighted by molar-refractivity contribution is 6.85. The summed E-state index contributed by atoms with van der Waals surface area (Å²) in [5.74, 6) is 2.07.